The standard InChI is InChI=1S/C18H18N2O2/c21-11-13-6-7-17-16(10-13)19-18(14-8-9-22-12-14)20(17)15-4-2-1-3-5-15/h6-12,15H,1-5H2. The highest BCUT2D eigenvalue weighted by Gasteiger charge is 2.22. The van der Waals surface area contributed by atoms with Crippen LogP contribution in [-0.4, -0.2) is 15.8 Å². The van der Waals surface area contributed by atoms with Gasteiger partial charge in [-0.05, 0) is 37.1 Å². The van der Waals surface area contributed by atoms with Crippen molar-refractivity contribution in [2.45, 2.75) is 38.1 Å². The van der Waals surface area contributed by atoms with Gasteiger partial charge in [-0.1, -0.05) is 19.3 Å². The summed E-state index contributed by atoms with van der Waals surface area (Å²) in [7, 11) is 0. The highest BCUT2D eigenvalue weighted by Crippen LogP contribution is 2.36. The van der Waals surface area contributed by atoms with E-state index in [0.29, 0.717) is 11.6 Å². The van der Waals surface area contributed by atoms with Gasteiger partial charge in [0.2, 0.25) is 0 Å². The van der Waals surface area contributed by atoms with Crippen molar-refractivity contribution in [2.24, 2.45) is 0 Å². The monoisotopic (exact) mass is 294 g/mol. The van der Waals surface area contributed by atoms with Gasteiger partial charge in [0.05, 0.1) is 22.9 Å². The smallest absolute Gasteiger partial charge is 0.150 e. The van der Waals surface area contributed by atoms with E-state index in [1.165, 1.54) is 32.1 Å². The molecule has 1 aromatic carbocycles. The minimum Gasteiger partial charge on any atom is -0.472 e. The van der Waals surface area contributed by atoms with E-state index in [0.717, 1.165) is 28.7 Å². The maximum absolute atomic E-state index is 11.0. The van der Waals surface area contributed by atoms with E-state index in [4.69, 9.17) is 9.40 Å². The lowest BCUT2D eigenvalue weighted by atomic mass is 9.95. The second-order valence-electron chi connectivity index (χ2n) is 5.98. The number of hydrogen-bond donors (Lipinski definition) is 0. The summed E-state index contributed by atoms with van der Waals surface area (Å²) in [5.41, 5.74) is 3.65. The van der Waals surface area contributed by atoms with Crippen LogP contribution in [0, 0.1) is 0 Å². The van der Waals surface area contributed by atoms with Crippen LogP contribution < -0.4 is 0 Å². The number of carbonyl (C=O) groups is 1. The lowest BCUT2D eigenvalue weighted by molar-refractivity contribution is 0.112. The van der Waals surface area contributed by atoms with Gasteiger partial charge in [0.25, 0.3) is 0 Å². The summed E-state index contributed by atoms with van der Waals surface area (Å²) in [4.78, 5) is 15.8. The Morgan fingerprint density at radius 1 is 1.18 bits per heavy atom. The Morgan fingerprint density at radius 3 is 2.77 bits per heavy atom. The van der Waals surface area contributed by atoms with Crippen LogP contribution in [0.25, 0.3) is 22.4 Å². The fourth-order valence-corrected chi connectivity index (χ4v) is 3.49. The predicted octanol–water partition coefficient (Wildman–Crippen LogP) is 4.61. The number of furan rings is 1. The van der Waals surface area contributed by atoms with E-state index in [1.807, 2.05) is 24.3 Å². The molecule has 1 aliphatic rings. The van der Waals surface area contributed by atoms with E-state index in [2.05, 4.69) is 4.57 Å². The molecule has 0 N–H and O–H groups in total. The van der Waals surface area contributed by atoms with Crippen molar-refractivity contribution in [1.29, 1.82) is 0 Å². The van der Waals surface area contributed by atoms with Crippen molar-refractivity contribution in [1.82, 2.24) is 9.55 Å². The van der Waals surface area contributed by atoms with Crippen LogP contribution in [0.1, 0.15) is 48.5 Å². The molecule has 1 saturated carbocycles. The van der Waals surface area contributed by atoms with Crippen molar-refractivity contribution in [3.63, 3.8) is 0 Å². The molecule has 0 amide bonds. The average molecular weight is 294 g/mol. The quantitative estimate of drug-likeness (QED) is 0.662. The minimum absolute atomic E-state index is 0.478. The first-order valence-corrected chi connectivity index (χ1v) is 7.86. The van der Waals surface area contributed by atoms with Crippen LogP contribution in [0.4, 0.5) is 0 Å². The maximum atomic E-state index is 11.0. The first-order chi connectivity index (χ1) is 10.9. The first kappa shape index (κ1) is 13.3. The lowest BCUT2D eigenvalue weighted by Crippen LogP contribution is -2.13. The van der Waals surface area contributed by atoms with E-state index < -0.39 is 0 Å². The lowest BCUT2D eigenvalue weighted by Gasteiger charge is -2.25. The van der Waals surface area contributed by atoms with E-state index in [9.17, 15) is 4.79 Å². The molecule has 22 heavy (non-hydrogen) atoms. The fourth-order valence-electron chi connectivity index (χ4n) is 3.49. The number of hydrogen-bond acceptors (Lipinski definition) is 3. The van der Waals surface area contributed by atoms with Crippen molar-refractivity contribution in [3.05, 3.63) is 42.4 Å². The van der Waals surface area contributed by atoms with Crippen LogP contribution in [0.15, 0.2) is 41.2 Å². The highest BCUT2D eigenvalue weighted by molar-refractivity contribution is 5.87. The molecule has 2 aromatic heterocycles. The number of aldehydes is 1. The van der Waals surface area contributed by atoms with Crippen LogP contribution >= 0.6 is 0 Å². The van der Waals surface area contributed by atoms with Gasteiger partial charge >= 0.3 is 0 Å². The Bertz CT molecular complexity index is 796. The minimum atomic E-state index is 0.478. The average Bonchev–Trinajstić information content (AvgIpc) is 3.22. The van der Waals surface area contributed by atoms with Crippen LogP contribution in [0.3, 0.4) is 0 Å². The molecule has 0 spiro atoms. The largest absolute Gasteiger partial charge is 0.472 e. The van der Waals surface area contributed by atoms with E-state index >= 15 is 0 Å². The molecule has 1 aliphatic carbocycles. The molecule has 0 saturated heterocycles. The van der Waals surface area contributed by atoms with Gasteiger partial charge in [-0.15, -0.1) is 0 Å². The zero-order valence-electron chi connectivity index (χ0n) is 12.4. The van der Waals surface area contributed by atoms with Crippen molar-refractivity contribution in [3.8, 4) is 11.4 Å². The van der Waals surface area contributed by atoms with E-state index in [-0.39, 0.29) is 0 Å². The normalized spacial score (nSPS) is 16.2. The second-order valence-corrected chi connectivity index (χ2v) is 5.98. The first-order valence-electron chi connectivity index (χ1n) is 7.86. The Morgan fingerprint density at radius 2 is 2.05 bits per heavy atom. The zero-order valence-corrected chi connectivity index (χ0v) is 12.4. The van der Waals surface area contributed by atoms with E-state index in [1.54, 1.807) is 12.5 Å². The number of aromatic nitrogens is 2. The number of nitrogens with zero attached hydrogens (tertiary/aromatic N) is 2. The SMILES string of the molecule is O=Cc1ccc2c(c1)nc(-c1ccoc1)n2C1CCCCC1. The van der Waals surface area contributed by atoms with Gasteiger partial charge in [0.15, 0.2) is 0 Å². The Labute approximate surface area is 128 Å². The van der Waals surface area contributed by atoms with Crippen molar-refractivity contribution >= 4 is 17.3 Å². The molecule has 2 heterocycles. The number of fused-ring (bicyclic) bond motifs is 1. The summed E-state index contributed by atoms with van der Waals surface area (Å²) in [6.07, 6.45) is 10.5. The fraction of sp³-hybridized carbons (Fsp3) is 0.333. The number of rotatable bonds is 3. The summed E-state index contributed by atoms with van der Waals surface area (Å²) < 4.78 is 7.58. The van der Waals surface area contributed by atoms with Crippen molar-refractivity contribution < 1.29 is 9.21 Å². The van der Waals surface area contributed by atoms with Gasteiger partial charge in [-0.25, -0.2) is 4.98 Å². The van der Waals surface area contributed by atoms with Crippen LogP contribution in [0.2, 0.25) is 0 Å². The third-order valence-electron chi connectivity index (χ3n) is 4.57. The van der Waals surface area contributed by atoms with Gasteiger partial charge in [-0.2, -0.15) is 0 Å². The Kier molecular flexibility index (Phi) is 3.29. The third kappa shape index (κ3) is 2.15. The van der Waals surface area contributed by atoms with Crippen LogP contribution in [-0.2, 0) is 0 Å². The molecule has 0 atom stereocenters. The molecule has 0 aliphatic heterocycles. The molecular formula is C18H18N2O2. The molecule has 4 heteroatoms. The molecule has 3 aromatic rings. The molecule has 0 unspecified atom stereocenters. The topological polar surface area (TPSA) is 48.0 Å². The summed E-state index contributed by atoms with van der Waals surface area (Å²) >= 11 is 0. The Balaban J connectivity index is 1.93. The number of imidazole rings is 1. The summed E-state index contributed by atoms with van der Waals surface area (Å²) in [5, 5.41) is 0. The molecular weight excluding hydrogens is 276 g/mol. The Hall–Kier alpha value is -2.36. The maximum Gasteiger partial charge on any atom is 0.150 e. The predicted molar refractivity (Wildman–Crippen MR) is 84.9 cm³/mol. The molecule has 0 bridgehead atoms. The summed E-state index contributed by atoms with van der Waals surface area (Å²) in [6, 6.07) is 8.18. The summed E-state index contributed by atoms with van der Waals surface area (Å²) in [5.74, 6) is 0.943. The number of benzene rings is 1. The molecule has 4 nitrogen and oxygen atoms in total. The molecule has 1 fully saturated rings. The second kappa shape index (κ2) is 5.44. The van der Waals surface area contributed by atoms with Gasteiger partial charge in [-0.3, -0.25) is 4.79 Å². The third-order valence-corrected chi connectivity index (χ3v) is 4.57. The summed E-state index contributed by atoms with van der Waals surface area (Å²) in [6.45, 7) is 0. The number of carbonyl (C=O) groups excluding carboxylic acids is 1. The van der Waals surface area contributed by atoms with Crippen molar-refractivity contribution in [2.75, 3.05) is 0 Å². The highest BCUT2D eigenvalue weighted by atomic mass is 16.3. The van der Waals surface area contributed by atoms with Gasteiger partial charge in [0, 0.05) is 11.6 Å². The zero-order chi connectivity index (χ0) is 14.9. The van der Waals surface area contributed by atoms with Crippen LogP contribution in [0.5, 0.6) is 0 Å². The molecule has 4 rings (SSSR count). The molecule has 0 radical (unpaired) electrons. The van der Waals surface area contributed by atoms with Gasteiger partial charge in [0.1, 0.15) is 18.4 Å². The van der Waals surface area contributed by atoms with Gasteiger partial charge < -0.3 is 8.98 Å². The molecule has 112 valence electrons.